The maximum atomic E-state index is 13.5. The van der Waals surface area contributed by atoms with Gasteiger partial charge in [-0.1, -0.05) is 12.8 Å². The van der Waals surface area contributed by atoms with Gasteiger partial charge in [-0.15, -0.1) is 0 Å². The number of halogens is 1. The number of rotatable bonds is 1. The number of benzene rings is 1. The van der Waals surface area contributed by atoms with Crippen LogP contribution in [0.3, 0.4) is 0 Å². The number of fused-ring (bicyclic) bond motifs is 1. The van der Waals surface area contributed by atoms with E-state index in [1.165, 1.54) is 24.3 Å². The number of amides is 1. The predicted octanol–water partition coefficient (Wildman–Crippen LogP) is 2.68. The molecule has 2 aromatic rings. The Morgan fingerprint density at radius 3 is 2.52 bits per heavy atom. The van der Waals surface area contributed by atoms with Gasteiger partial charge >= 0.3 is 0 Å². The number of nitrogens with one attached hydrogen (secondary N) is 1. The highest BCUT2D eigenvalue weighted by Gasteiger charge is 2.20. The molecule has 5 heteroatoms. The molecular weight excluding hydrogens is 271 g/mol. The number of carbonyl (C=O) groups is 1. The molecule has 0 aliphatic carbocycles. The molecule has 0 spiro atoms. The van der Waals surface area contributed by atoms with Gasteiger partial charge in [0, 0.05) is 30.1 Å². The molecule has 0 radical (unpaired) electrons. The van der Waals surface area contributed by atoms with Gasteiger partial charge in [0.15, 0.2) is 0 Å². The van der Waals surface area contributed by atoms with E-state index in [2.05, 4.69) is 4.98 Å². The number of pyridine rings is 1. The van der Waals surface area contributed by atoms with Crippen LogP contribution < -0.4 is 5.56 Å². The van der Waals surface area contributed by atoms with Crippen molar-refractivity contribution in [2.24, 2.45) is 0 Å². The molecule has 21 heavy (non-hydrogen) atoms. The molecule has 4 nitrogen and oxygen atoms in total. The summed E-state index contributed by atoms with van der Waals surface area (Å²) in [4.78, 5) is 28.8. The lowest BCUT2D eigenvalue weighted by Crippen LogP contribution is -2.32. The van der Waals surface area contributed by atoms with E-state index >= 15 is 0 Å². The van der Waals surface area contributed by atoms with E-state index in [4.69, 9.17) is 0 Å². The summed E-state index contributed by atoms with van der Waals surface area (Å²) in [6.07, 6.45) is 4.19. The Morgan fingerprint density at radius 1 is 1.10 bits per heavy atom. The highest BCUT2D eigenvalue weighted by Crippen LogP contribution is 2.20. The molecule has 1 N–H and O–H groups in total. The first-order valence-electron chi connectivity index (χ1n) is 7.27. The highest BCUT2D eigenvalue weighted by molar-refractivity contribution is 6.05. The summed E-state index contributed by atoms with van der Waals surface area (Å²) in [5.41, 5.74) is 0.435. The lowest BCUT2D eigenvalue weighted by Gasteiger charge is -2.21. The third-order valence-electron chi connectivity index (χ3n) is 3.93. The van der Waals surface area contributed by atoms with Crippen LogP contribution in [0.2, 0.25) is 0 Å². The number of nitrogens with zero attached hydrogens (tertiary/aromatic N) is 1. The Morgan fingerprint density at radius 2 is 1.81 bits per heavy atom. The van der Waals surface area contributed by atoms with Gasteiger partial charge in [-0.25, -0.2) is 4.39 Å². The second-order valence-electron chi connectivity index (χ2n) is 5.44. The summed E-state index contributed by atoms with van der Waals surface area (Å²) >= 11 is 0. The number of H-pyrrole nitrogens is 1. The molecule has 0 atom stereocenters. The fraction of sp³-hybridized carbons (Fsp3) is 0.375. The van der Waals surface area contributed by atoms with Gasteiger partial charge in [0.05, 0.1) is 5.56 Å². The van der Waals surface area contributed by atoms with E-state index < -0.39 is 5.82 Å². The first-order chi connectivity index (χ1) is 10.1. The summed E-state index contributed by atoms with van der Waals surface area (Å²) in [6.45, 7) is 1.39. The van der Waals surface area contributed by atoms with Crippen LogP contribution in [0.5, 0.6) is 0 Å². The van der Waals surface area contributed by atoms with Crippen molar-refractivity contribution in [2.45, 2.75) is 25.7 Å². The quantitative estimate of drug-likeness (QED) is 0.877. The SMILES string of the molecule is O=C(c1cc(=O)[nH]c2ccc(F)cc12)N1CCCCCC1. The third kappa shape index (κ3) is 2.82. The second kappa shape index (κ2) is 5.68. The highest BCUT2D eigenvalue weighted by atomic mass is 19.1. The lowest BCUT2D eigenvalue weighted by atomic mass is 10.1. The lowest BCUT2D eigenvalue weighted by molar-refractivity contribution is 0.0763. The number of aromatic amines is 1. The van der Waals surface area contributed by atoms with Crippen LogP contribution in [0.15, 0.2) is 29.1 Å². The third-order valence-corrected chi connectivity index (χ3v) is 3.93. The van der Waals surface area contributed by atoms with Crippen molar-refractivity contribution in [3.05, 3.63) is 46.0 Å². The Kier molecular flexibility index (Phi) is 3.73. The van der Waals surface area contributed by atoms with Crippen LogP contribution in [-0.4, -0.2) is 28.9 Å². The minimum atomic E-state index is -0.417. The van der Waals surface area contributed by atoms with E-state index in [-0.39, 0.29) is 17.0 Å². The monoisotopic (exact) mass is 288 g/mol. The van der Waals surface area contributed by atoms with Gasteiger partial charge in [-0.3, -0.25) is 9.59 Å². The molecule has 3 rings (SSSR count). The molecule has 1 aromatic carbocycles. The van der Waals surface area contributed by atoms with Crippen LogP contribution in [0.4, 0.5) is 4.39 Å². The summed E-state index contributed by atoms with van der Waals surface area (Å²) in [5.74, 6) is -0.599. The molecule has 2 heterocycles. The van der Waals surface area contributed by atoms with E-state index in [0.717, 1.165) is 25.7 Å². The van der Waals surface area contributed by atoms with Crippen LogP contribution in [-0.2, 0) is 0 Å². The van der Waals surface area contributed by atoms with E-state index in [1.54, 1.807) is 4.90 Å². The Balaban J connectivity index is 2.07. The summed E-state index contributed by atoms with van der Waals surface area (Å²) in [6, 6.07) is 5.34. The minimum absolute atomic E-state index is 0.182. The number of likely N-dealkylation sites (tertiary alicyclic amines) is 1. The van der Waals surface area contributed by atoms with Crippen molar-refractivity contribution in [1.29, 1.82) is 0 Å². The number of hydrogen-bond donors (Lipinski definition) is 1. The average Bonchev–Trinajstić information content (AvgIpc) is 2.75. The molecular formula is C16H17FN2O2. The van der Waals surface area contributed by atoms with Crippen molar-refractivity contribution in [1.82, 2.24) is 9.88 Å². The fourth-order valence-corrected chi connectivity index (χ4v) is 2.85. The molecule has 0 saturated carbocycles. The largest absolute Gasteiger partial charge is 0.339 e. The Labute approximate surface area is 121 Å². The summed E-state index contributed by atoms with van der Waals surface area (Å²) in [5, 5.41) is 0.462. The molecule has 1 fully saturated rings. The fourth-order valence-electron chi connectivity index (χ4n) is 2.85. The normalized spacial score (nSPS) is 16.0. The number of hydrogen-bond acceptors (Lipinski definition) is 2. The maximum Gasteiger partial charge on any atom is 0.254 e. The van der Waals surface area contributed by atoms with Crippen LogP contribution in [0, 0.1) is 5.82 Å². The minimum Gasteiger partial charge on any atom is -0.339 e. The van der Waals surface area contributed by atoms with Crippen LogP contribution in [0.1, 0.15) is 36.0 Å². The second-order valence-corrected chi connectivity index (χ2v) is 5.44. The smallest absolute Gasteiger partial charge is 0.254 e. The van der Waals surface area contributed by atoms with Gasteiger partial charge in [0.1, 0.15) is 5.82 Å². The van der Waals surface area contributed by atoms with E-state index in [1.807, 2.05) is 0 Å². The molecule has 1 aliphatic heterocycles. The van der Waals surface area contributed by atoms with Crippen LogP contribution >= 0.6 is 0 Å². The summed E-state index contributed by atoms with van der Waals surface area (Å²) in [7, 11) is 0. The maximum absolute atomic E-state index is 13.5. The molecule has 1 aliphatic rings. The number of carbonyl (C=O) groups excluding carboxylic acids is 1. The van der Waals surface area contributed by atoms with Gasteiger partial charge in [-0.2, -0.15) is 0 Å². The Bertz CT molecular complexity index is 731. The standard InChI is InChI=1S/C16H17FN2O2/c17-11-5-6-14-12(9-11)13(10-15(20)18-14)16(21)19-7-3-1-2-4-8-19/h5-6,9-10H,1-4,7-8H2,(H,18,20). The zero-order chi connectivity index (χ0) is 14.8. The van der Waals surface area contributed by atoms with Gasteiger partial charge in [0.25, 0.3) is 5.91 Å². The zero-order valence-electron chi connectivity index (χ0n) is 11.7. The first-order valence-corrected chi connectivity index (χ1v) is 7.27. The zero-order valence-corrected chi connectivity index (χ0v) is 11.7. The predicted molar refractivity (Wildman–Crippen MR) is 78.9 cm³/mol. The molecule has 0 unspecified atom stereocenters. The van der Waals surface area contributed by atoms with Crippen LogP contribution in [0.25, 0.3) is 10.9 Å². The number of aromatic nitrogens is 1. The summed E-state index contributed by atoms with van der Waals surface area (Å²) < 4.78 is 13.5. The molecule has 1 aromatic heterocycles. The molecule has 1 saturated heterocycles. The first kappa shape index (κ1) is 13.8. The van der Waals surface area contributed by atoms with E-state index in [9.17, 15) is 14.0 Å². The topological polar surface area (TPSA) is 53.2 Å². The van der Waals surface area contributed by atoms with Gasteiger partial charge < -0.3 is 9.88 Å². The molecule has 110 valence electrons. The van der Waals surface area contributed by atoms with Crippen molar-refractivity contribution in [3.8, 4) is 0 Å². The molecule has 0 bridgehead atoms. The van der Waals surface area contributed by atoms with Crippen molar-refractivity contribution in [3.63, 3.8) is 0 Å². The van der Waals surface area contributed by atoms with Gasteiger partial charge in [0.2, 0.25) is 5.56 Å². The van der Waals surface area contributed by atoms with E-state index in [0.29, 0.717) is 24.0 Å². The van der Waals surface area contributed by atoms with Crippen molar-refractivity contribution < 1.29 is 9.18 Å². The van der Waals surface area contributed by atoms with Gasteiger partial charge in [-0.05, 0) is 31.0 Å². The Hall–Kier alpha value is -2.17. The average molecular weight is 288 g/mol. The van der Waals surface area contributed by atoms with Crippen molar-refractivity contribution in [2.75, 3.05) is 13.1 Å². The molecule has 1 amide bonds. The van der Waals surface area contributed by atoms with Crippen molar-refractivity contribution >= 4 is 16.8 Å².